The van der Waals surface area contributed by atoms with Crippen LogP contribution in [0, 0.1) is 0 Å². The molecule has 2 aromatic rings. The van der Waals surface area contributed by atoms with E-state index < -0.39 is 0 Å². The fraction of sp³-hybridized carbons (Fsp3) is 0.500. The van der Waals surface area contributed by atoms with Crippen LogP contribution in [-0.2, 0) is 9.59 Å². The molecule has 31 heavy (non-hydrogen) atoms. The van der Waals surface area contributed by atoms with E-state index in [4.69, 9.17) is 0 Å². The Hall–Kier alpha value is -2.22. The summed E-state index contributed by atoms with van der Waals surface area (Å²) in [6.45, 7) is 10.1. The Bertz CT molecular complexity index is 833. The Morgan fingerprint density at radius 3 is 2.16 bits per heavy atom. The number of amides is 2. The highest BCUT2D eigenvalue weighted by atomic mass is 32.1. The zero-order chi connectivity index (χ0) is 22.3. The maximum Gasteiger partial charge on any atom is 0.234 e. The number of hydrogen-bond donors (Lipinski definition) is 2. The number of nitrogens with zero attached hydrogens (tertiary/aromatic N) is 2. The zero-order valence-electron chi connectivity index (χ0n) is 18.8. The number of carbonyl (C=O) groups is 2. The average molecular weight is 443 g/mol. The Morgan fingerprint density at radius 2 is 1.58 bits per heavy atom. The van der Waals surface area contributed by atoms with Crippen LogP contribution in [0.15, 0.2) is 47.8 Å². The molecule has 168 valence electrons. The van der Waals surface area contributed by atoms with Crippen LogP contribution in [0.3, 0.4) is 0 Å². The van der Waals surface area contributed by atoms with E-state index in [-0.39, 0.29) is 23.4 Å². The summed E-state index contributed by atoms with van der Waals surface area (Å²) in [6.07, 6.45) is 0.948. The van der Waals surface area contributed by atoms with Crippen LogP contribution in [0.2, 0.25) is 0 Å². The van der Waals surface area contributed by atoms with Crippen LogP contribution in [-0.4, -0.2) is 66.4 Å². The quantitative estimate of drug-likeness (QED) is 0.692. The van der Waals surface area contributed by atoms with Crippen molar-refractivity contribution in [1.29, 1.82) is 0 Å². The predicted octanol–water partition coefficient (Wildman–Crippen LogP) is 2.88. The largest absolute Gasteiger partial charge is 0.350 e. The maximum atomic E-state index is 12.9. The molecular formula is C24H34N4O2S. The Morgan fingerprint density at radius 1 is 0.935 bits per heavy atom. The number of benzene rings is 1. The monoisotopic (exact) mass is 442 g/mol. The van der Waals surface area contributed by atoms with Crippen molar-refractivity contribution in [3.05, 3.63) is 58.3 Å². The van der Waals surface area contributed by atoms with E-state index in [1.54, 1.807) is 11.3 Å². The van der Waals surface area contributed by atoms with Crippen LogP contribution in [0.5, 0.6) is 0 Å². The molecule has 2 N–H and O–H groups in total. The number of nitrogens with one attached hydrogen (secondary N) is 2. The van der Waals surface area contributed by atoms with Gasteiger partial charge in [0.15, 0.2) is 0 Å². The van der Waals surface area contributed by atoms with E-state index in [1.807, 2.05) is 50.4 Å². The third-order valence-electron chi connectivity index (χ3n) is 5.20. The molecule has 3 rings (SSSR count). The van der Waals surface area contributed by atoms with Gasteiger partial charge in [0.1, 0.15) is 0 Å². The second-order valence-corrected chi connectivity index (χ2v) is 10.1. The van der Waals surface area contributed by atoms with Gasteiger partial charge in [-0.2, -0.15) is 0 Å². The lowest BCUT2D eigenvalue weighted by Crippen LogP contribution is -2.46. The van der Waals surface area contributed by atoms with Gasteiger partial charge in [-0.15, -0.1) is 11.3 Å². The van der Waals surface area contributed by atoms with Crippen molar-refractivity contribution < 1.29 is 9.59 Å². The highest BCUT2D eigenvalue weighted by Gasteiger charge is 2.23. The summed E-state index contributed by atoms with van der Waals surface area (Å²) in [7, 11) is 0. The van der Waals surface area contributed by atoms with E-state index in [9.17, 15) is 9.59 Å². The molecule has 1 saturated heterocycles. The minimum atomic E-state index is -0.217. The molecule has 0 spiro atoms. The first-order valence-corrected chi connectivity index (χ1v) is 11.8. The Labute approximate surface area is 189 Å². The van der Waals surface area contributed by atoms with Gasteiger partial charge in [-0.3, -0.25) is 19.4 Å². The third-order valence-corrected chi connectivity index (χ3v) is 6.13. The standard InChI is InChI=1S/C24H34N4O2S/c1-24(2,3)26-22(30)18-28-13-8-12-27(14-15-28)17-21(29)25-23(20-11-7-16-31-20)19-9-5-4-6-10-19/h4-7,9-11,16,23H,8,12-15,17-18H2,1-3H3,(H,25,29)(H,26,30)/t23-/m1/s1. The summed E-state index contributed by atoms with van der Waals surface area (Å²) in [5, 5.41) is 8.29. The molecule has 0 saturated carbocycles. The van der Waals surface area contributed by atoms with Crippen molar-refractivity contribution >= 4 is 23.2 Å². The number of hydrogen-bond acceptors (Lipinski definition) is 5. The minimum absolute atomic E-state index is 0.0289. The topological polar surface area (TPSA) is 64.7 Å². The van der Waals surface area contributed by atoms with Crippen molar-refractivity contribution in [3.8, 4) is 0 Å². The predicted molar refractivity (Wildman–Crippen MR) is 126 cm³/mol. The molecule has 0 unspecified atom stereocenters. The van der Waals surface area contributed by atoms with Crippen molar-refractivity contribution in [3.63, 3.8) is 0 Å². The lowest BCUT2D eigenvalue weighted by Gasteiger charge is -2.25. The molecule has 1 fully saturated rings. The van der Waals surface area contributed by atoms with Gasteiger partial charge < -0.3 is 10.6 Å². The molecule has 2 heterocycles. The Balaban J connectivity index is 1.52. The van der Waals surface area contributed by atoms with Crippen LogP contribution in [0.1, 0.15) is 43.7 Å². The van der Waals surface area contributed by atoms with Gasteiger partial charge in [-0.25, -0.2) is 0 Å². The van der Waals surface area contributed by atoms with Crippen LogP contribution in [0.25, 0.3) is 0 Å². The molecule has 1 aliphatic rings. The van der Waals surface area contributed by atoms with Crippen LogP contribution in [0.4, 0.5) is 0 Å². The highest BCUT2D eigenvalue weighted by molar-refractivity contribution is 7.10. The number of rotatable bonds is 7. The van der Waals surface area contributed by atoms with Gasteiger partial charge in [0.25, 0.3) is 0 Å². The molecule has 2 amide bonds. The number of carbonyl (C=O) groups excluding carboxylic acids is 2. The smallest absolute Gasteiger partial charge is 0.234 e. The SMILES string of the molecule is CC(C)(C)NC(=O)CN1CCCN(CC(=O)N[C@H](c2ccccc2)c2cccs2)CC1. The molecule has 1 aromatic carbocycles. The minimum Gasteiger partial charge on any atom is -0.350 e. The molecular weight excluding hydrogens is 408 g/mol. The maximum absolute atomic E-state index is 12.9. The first kappa shape index (κ1) is 23.4. The van der Waals surface area contributed by atoms with E-state index in [0.29, 0.717) is 13.1 Å². The molecule has 1 atom stereocenters. The van der Waals surface area contributed by atoms with Crippen LogP contribution >= 0.6 is 11.3 Å². The molecule has 0 aliphatic carbocycles. The summed E-state index contributed by atoms with van der Waals surface area (Å²) >= 11 is 1.65. The lowest BCUT2D eigenvalue weighted by atomic mass is 10.1. The van der Waals surface area contributed by atoms with Crippen molar-refractivity contribution in [2.24, 2.45) is 0 Å². The fourth-order valence-electron chi connectivity index (χ4n) is 3.83. The first-order valence-electron chi connectivity index (χ1n) is 10.9. The third kappa shape index (κ3) is 7.76. The molecule has 1 aromatic heterocycles. The second kappa shape index (κ2) is 10.9. The average Bonchev–Trinajstić information content (AvgIpc) is 3.15. The molecule has 0 radical (unpaired) electrons. The van der Waals surface area contributed by atoms with Gasteiger partial charge in [0.2, 0.25) is 11.8 Å². The molecule has 0 bridgehead atoms. The molecule has 7 heteroatoms. The molecule has 6 nitrogen and oxygen atoms in total. The van der Waals surface area contributed by atoms with E-state index >= 15 is 0 Å². The Kier molecular flexibility index (Phi) is 8.23. The van der Waals surface area contributed by atoms with E-state index in [0.717, 1.165) is 43.0 Å². The van der Waals surface area contributed by atoms with Crippen LogP contribution < -0.4 is 10.6 Å². The summed E-state index contributed by atoms with van der Waals surface area (Å²) < 4.78 is 0. The molecule has 1 aliphatic heterocycles. The fourth-order valence-corrected chi connectivity index (χ4v) is 4.63. The first-order chi connectivity index (χ1) is 14.8. The van der Waals surface area contributed by atoms with Crippen molar-refractivity contribution in [2.45, 2.75) is 38.8 Å². The number of thiophene rings is 1. The normalized spacial score (nSPS) is 17.0. The van der Waals surface area contributed by atoms with Gasteiger partial charge in [0.05, 0.1) is 19.1 Å². The van der Waals surface area contributed by atoms with E-state index in [2.05, 4.69) is 38.6 Å². The summed E-state index contributed by atoms with van der Waals surface area (Å²) in [5.74, 6) is 0.0847. The van der Waals surface area contributed by atoms with Gasteiger partial charge in [0, 0.05) is 23.5 Å². The highest BCUT2D eigenvalue weighted by Crippen LogP contribution is 2.25. The summed E-state index contributed by atoms with van der Waals surface area (Å²) in [4.78, 5) is 30.6. The summed E-state index contributed by atoms with van der Waals surface area (Å²) in [5.41, 5.74) is 0.871. The summed E-state index contributed by atoms with van der Waals surface area (Å²) in [6, 6.07) is 14.0. The van der Waals surface area contributed by atoms with Crippen molar-refractivity contribution in [2.75, 3.05) is 39.3 Å². The van der Waals surface area contributed by atoms with Gasteiger partial charge in [-0.1, -0.05) is 36.4 Å². The van der Waals surface area contributed by atoms with E-state index in [1.165, 1.54) is 0 Å². The second-order valence-electron chi connectivity index (χ2n) is 9.13. The zero-order valence-corrected chi connectivity index (χ0v) is 19.6. The lowest BCUT2D eigenvalue weighted by molar-refractivity contribution is -0.124. The van der Waals surface area contributed by atoms with Gasteiger partial charge in [-0.05, 0) is 57.3 Å². The van der Waals surface area contributed by atoms with Crippen molar-refractivity contribution in [1.82, 2.24) is 20.4 Å². The van der Waals surface area contributed by atoms with Gasteiger partial charge >= 0.3 is 0 Å².